The van der Waals surface area contributed by atoms with Crippen molar-refractivity contribution in [2.24, 2.45) is 11.8 Å². The normalized spacial score (nSPS) is 26.4. The minimum atomic E-state index is -5.08. The highest BCUT2D eigenvalue weighted by Gasteiger charge is 2.72. The molecule has 0 radical (unpaired) electrons. The summed E-state index contributed by atoms with van der Waals surface area (Å²) in [5.74, 6) is -3.17. The number of carbonyl (C=O) groups excluding carboxylic acids is 3. The van der Waals surface area contributed by atoms with Crippen LogP contribution in [0.2, 0.25) is 0 Å². The molecule has 0 spiro atoms. The largest absolute Gasteiger partial charge is 0.496 e. The lowest BCUT2D eigenvalue weighted by molar-refractivity contribution is -0.192. The van der Waals surface area contributed by atoms with Crippen LogP contribution < -0.4 is 4.74 Å². The van der Waals surface area contributed by atoms with Crippen molar-refractivity contribution < 1.29 is 46.9 Å². The molecule has 4 atom stereocenters. The maximum Gasteiger partial charge on any atom is 0.490 e. The van der Waals surface area contributed by atoms with Gasteiger partial charge >= 0.3 is 18.1 Å². The molecule has 3 aliphatic heterocycles. The van der Waals surface area contributed by atoms with Crippen molar-refractivity contribution in [1.82, 2.24) is 9.80 Å². The Balaban J connectivity index is 0.000000532. The summed E-state index contributed by atoms with van der Waals surface area (Å²) in [5, 5.41) is 7.12. The van der Waals surface area contributed by atoms with E-state index in [4.69, 9.17) is 19.4 Å². The first kappa shape index (κ1) is 30.7. The number of esters is 1. The topological polar surface area (TPSA) is 113 Å². The van der Waals surface area contributed by atoms with Gasteiger partial charge in [-0.05, 0) is 62.6 Å². The van der Waals surface area contributed by atoms with Gasteiger partial charge in [-0.3, -0.25) is 24.2 Å². The summed E-state index contributed by atoms with van der Waals surface area (Å²) in [6, 6.07) is 5.67. The molecule has 3 heterocycles. The number of benzene rings is 1. The monoisotopic (exact) mass is 574 g/mol. The molecule has 216 valence electrons. The van der Waals surface area contributed by atoms with Crippen molar-refractivity contribution in [3.05, 3.63) is 23.8 Å². The zero-order chi connectivity index (χ0) is 29.1. The van der Waals surface area contributed by atoms with Crippen molar-refractivity contribution >= 4 is 35.5 Å². The number of carboxylic acids is 1. The van der Waals surface area contributed by atoms with Gasteiger partial charge in [-0.15, -0.1) is 11.8 Å². The van der Waals surface area contributed by atoms with Gasteiger partial charge in [0.15, 0.2) is 0 Å². The van der Waals surface area contributed by atoms with E-state index in [1.807, 2.05) is 18.2 Å². The van der Waals surface area contributed by atoms with Gasteiger partial charge in [0.1, 0.15) is 11.3 Å². The third-order valence-electron chi connectivity index (χ3n) is 7.44. The number of hydrogen-bond donors (Lipinski definition) is 1. The van der Waals surface area contributed by atoms with Gasteiger partial charge < -0.3 is 14.6 Å². The zero-order valence-corrected chi connectivity index (χ0v) is 23.1. The Kier molecular flexibility index (Phi) is 9.58. The highest BCUT2D eigenvalue weighted by Crippen LogP contribution is 2.58. The van der Waals surface area contributed by atoms with E-state index in [2.05, 4.69) is 11.8 Å². The molecule has 1 N–H and O–H groups in total. The van der Waals surface area contributed by atoms with E-state index < -0.39 is 35.5 Å². The number of piperidine rings is 1. The first-order valence-corrected chi connectivity index (χ1v) is 13.7. The fourth-order valence-corrected chi connectivity index (χ4v) is 6.80. The van der Waals surface area contributed by atoms with Crippen LogP contribution >= 0.6 is 11.8 Å². The van der Waals surface area contributed by atoms with E-state index in [1.165, 1.54) is 12.0 Å². The molecule has 0 aromatic heterocycles. The highest BCUT2D eigenvalue weighted by molar-refractivity contribution is 7.99. The van der Waals surface area contributed by atoms with Crippen LogP contribution in [0.15, 0.2) is 23.1 Å². The number of aliphatic carboxylic acids is 1. The average Bonchev–Trinajstić information content (AvgIpc) is 3.36. The smallest absolute Gasteiger partial charge is 0.490 e. The Morgan fingerprint density at radius 1 is 1.15 bits per heavy atom. The molecule has 3 aliphatic rings. The molecule has 0 aliphatic carbocycles. The number of nitrogens with zero attached hydrogens (tertiary/aromatic N) is 2. The lowest BCUT2D eigenvalue weighted by atomic mass is 9.75. The van der Waals surface area contributed by atoms with E-state index in [1.54, 1.807) is 25.8 Å². The maximum absolute atomic E-state index is 13.5. The molecule has 9 nitrogen and oxygen atoms in total. The minimum absolute atomic E-state index is 0.187. The molecular formula is C26H33F3N2O7S. The number of hydrogen-bond acceptors (Lipinski definition) is 8. The van der Waals surface area contributed by atoms with E-state index in [9.17, 15) is 27.6 Å². The molecule has 3 fully saturated rings. The molecule has 0 bridgehead atoms. The Labute approximate surface area is 229 Å². The van der Waals surface area contributed by atoms with Crippen molar-refractivity contribution in [3.8, 4) is 5.75 Å². The summed E-state index contributed by atoms with van der Waals surface area (Å²) in [6.07, 6.45) is -1.77. The van der Waals surface area contributed by atoms with Crippen molar-refractivity contribution in [2.75, 3.05) is 33.1 Å². The van der Waals surface area contributed by atoms with E-state index in [0.29, 0.717) is 19.5 Å². The molecule has 39 heavy (non-hydrogen) atoms. The van der Waals surface area contributed by atoms with Gasteiger partial charge in [0.25, 0.3) is 0 Å². The van der Waals surface area contributed by atoms with Crippen LogP contribution in [-0.4, -0.2) is 83.4 Å². The molecule has 0 saturated carbocycles. The predicted octanol–water partition coefficient (Wildman–Crippen LogP) is 3.90. The number of fused-ring (bicyclic) bond motifs is 3. The molecule has 2 amide bonds. The minimum Gasteiger partial charge on any atom is -0.496 e. The van der Waals surface area contributed by atoms with E-state index >= 15 is 0 Å². The second-order valence-electron chi connectivity index (χ2n) is 9.50. The number of halogens is 3. The SMILES string of the molecule is CCCSc1ccc([C@@H]2[C@@H]3C(=O)N(CC)C(=O)[C@@H]3[C@]3(C(=O)OC)CCCCN23)cc1OC.O=C(O)C(F)(F)F. The summed E-state index contributed by atoms with van der Waals surface area (Å²) in [7, 11) is 3.02. The van der Waals surface area contributed by atoms with Crippen molar-refractivity contribution in [3.63, 3.8) is 0 Å². The fraction of sp³-hybridized carbons (Fsp3) is 0.615. The van der Waals surface area contributed by atoms with E-state index in [-0.39, 0.29) is 17.9 Å². The van der Waals surface area contributed by atoms with Crippen LogP contribution in [-0.2, 0) is 23.9 Å². The second kappa shape index (κ2) is 12.2. The molecule has 0 unspecified atom stereocenters. The number of carbonyl (C=O) groups is 4. The number of imide groups is 1. The van der Waals surface area contributed by atoms with Crippen molar-refractivity contribution in [1.29, 1.82) is 0 Å². The third kappa shape index (κ3) is 5.47. The number of alkyl halides is 3. The molecule has 3 saturated heterocycles. The molecular weight excluding hydrogens is 541 g/mol. The van der Waals surface area contributed by atoms with Gasteiger partial charge in [-0.25, -0.2) is 4.79 Å². The number of rotatable bonds is 7. The molecule has 1 aromatic carbocycles. The lowest BCUT2D eigenvalue weighted by Crippen LogP contribution is -2.59. The second-order valence-corrected chi connectivity index (χ2v) is 10.6. The van der Waals surface area contributed by atoms with Crippen LogP contribution in [0.1, 0.15) is 51.1 Å². The number of thioether (sulfide) groups is 1. The van der Waals surface area contributed by atoms with Crippen LogP contribution in [0.25, 0.3) is 0 Å². The van der Waals surface area contributed by atoms with Crippen LogP contribution in [0.3, 0.4) is 0 Å². The molecule has 1 aromatic rings. The van der Waals surface area contributed by atoms with Crippen LogP contribution in [0.5, 0.6) is 5.75 Å². The maximum atomic E-state index is 13.5. The quantitative estimate of drug-likeness (QED) is 0.294. The van der Waals surface area contributed by atoms with Crippen molar-refractivity contribution in [2.45, 2.75) is 62.2 Å². The first-order chi connectivity index (χ1) is 18.4. The summed E-state index contributed by atoms with van der Waals surface area (Å²) < 4.78 is 42.7. The Hall–Kier alpha value is -2.80. The number of amides is 2. The van der Waals surface area contributed by atoms with Gasteiger partial charge in [-0.1, -0.05) is 13.0 Å². The van der Waals surface area contributed by atoms with Gasteiger partial charge in [0.2, 0.25) is 11.8 Å². The lowest BCUT2D eigenvalue weighted by Gasteiger charge is -2.44. The summed E-state index contributed by atoms with van der Waals surface area (Å²) in [6.45, 7) is 4.90. The standard InChI is InChI=1S/C24H32N2O5S.C2HF3O2/c1-5-13-32-17-10-9-15(14-16(17)30-3)20-18-19(22(28)25(6-2)21(18)27)24(23(29)31-4)11-7-8-12-26(20)24;3-2(4,5)1(6)7/h9-10,14,18-20H,5-8,11-13H2,1-4H3;(H,6,7)/t18-,19-,20-,24+;/m1./s1. The third-order valence-corrected chi connectivity index (χ3v) is 8.70. The predicted molar refractivity (Wildman–Crippen MR) is 135 cm³/mol. The summed E-state index contributed by atoms with van der Waals surface area (Å²) in [4.78, 5) is 53.5. The zero-order valence-electron chi connectivity index (χ0n) is 22.2. The fourth-order valence-electron chi connectivity index (χ4n) is 5.93. The Bertz CT molecular complexity index is 1120. The highest BCUT2D eigenvalue weighted by atomic mass is 32.2. The summed E-state index contributed by atoms with van der Waals surface area (Å²) in [5.41, 5.74) is -0.188. The van der Waals surface area contributed by atoms with Crippen LogP contribution in [0.4, 0.5) is 13.2 Å². The number of carboxylic acid groups (broad SMARTS) is 1. The number of ether oxygens (including phenoxy) is 2. The number of methoxy groups -OCH3 is 2. The van der Waals surface area contributed by atoms with Gasteiger partial charge in [-0.2, -0.15) is 13.2 Å². The average molecular weight is 575 g/mol. The van der Waals surface area contributed by atoms with Gasteiger partial charge in [0, 0.05) is 17.5 Å². The molecule has 13 heteroatoms. The Morgan fingerprint density at radius 3 is 2.36 bits per heavy atom. The summed E-state index contributed by atoms with van der Waals surface area (Å²) >= 11 is 1.74. The van der Waals surface area contributed by atoms with Gasteiger partial charge in [0.05, 0.1) is 26.1 Å². The Morgan fingerprint density at radius 2 is 1.82 bits per heavy atom. The van der Waals surface area contributed by atoms with Crippen LogP contribution in [0, 0.1) is 11.8 Å². The number of likely N-dealkylation sites (tertiary alicyclic amines) is 1. The van der Waals surface area contributed by atoms with E-state index in [0.717, 1.165) is 41.2 Å². The first-order valence-electron chi connectivity index (χ1n) is 12.7. The molecule has 4 rings (SSSR count).